The summed E-state index contributed by atoms with van der Waals surface area (Å²) in [4.78, 5) is 11.7. The van der Waals surface area contributed by atoms with E-state index < -0.39 is 0 Å². The van der Waals surface area contributed by atoms with Gasteiger partial charge in [-0.2, -0.15) is 0 Å². The summed E-state index contributed by atoms with van der Waals surface area (Å²) in [6.45, 7) is 6.38. The summed E-state index contributed by atoms with van der Waals surface area (Å²) in [5.41, 5.74) is 1.20. The second-order valence-electron chi connectivity index (χ2n) is 7.36. The molecule has 0 bridgehead atoms. The number of hydrogen-bond acceptors (Lipinski definition) is 3. The normalized spacial score (nSPS) is 20.5. The zero-order valence-corrected chi connectivity index (χ0v) is 15.7. The molecule has 0 N–H and O–H groups in total. The van der Waals surface area contributed by atoms with Crippen molar-refractivity contribution in [2.45, 2.75) is 20.3 Å². The van der Waals surface area contributed by atoms with Gasteiger partial charge in [0.05, 0.1) is 11.1 Å². The molecule has 1 fully saturated rings. The van der Waals surface area contributed by atoms with Crippen LogP contribution >= 0.6 is 11.6 Å². The van der Waals surface area contributed by atoms with Gasteiger partial charge in [0, 0.05) is 23.5 Å². The Morgan fingerprint density at radius 3 is 2.50 bits per heavy atom. The molecule has 2 aromatic carbocycles. The standard InChI is InChI=1S/C21H21ClFN3/c1-13-9-14(2)12-26(11-13)21-17-10-15(22)7-8-19(17)24-20(25-21)16-5-3-4-6-18(16)23/h3-8,10,13-14H,9,11-12H2,1-2H3. The third kappa shape index (κ3) is 3.26. The molecule has 5 heteroatoms. The lowest BCUT2D eigenvalue weighted by atomic mass is 9.92. The second-order valence-corrected chi connectivity index (χ2v) is 7.80. The van der Waals surface area contributed by atoms with E-state index in [1.807, 2.05) is 18.2 Å². The Hall–Kier alpha value is -2.20. The first-order valence-corrected chi connectivity index (χ1v) is 9.36. The fourth-order valence-electron chi connectivity index (χ4n) is 3.92. The summed E-state index contributed by atoms with van der Waals surface area (Å²) >= 11 is 6.23. The number of rotatable bonds is 2. The highest BCUT2D eigenvalue weighted by Gasteiger charge is 2.25. The molecule has 0 saturated carbocycles. The van der Waals surface area contributed by atoms with E-state index in [1.165, 1.54) is 12.5 Å². The summed E-state index contributed by atoms with van der Waals surface area (Å²) < 4.78 is 14.3. The Morgan fingerprint density at radius 2 is 1.77 bits per heavy atom. The molecule has 0 aliphatic carbocycles. The lowest BCUT2D eigenvalue weighted by Crippen LogP contribution is -2.39. The molecule has 2 atom stereocenters. The van der Waals surface area contributed by atoms with E-state index in [-0.39, 0.29) is 5.82 Å². The fraction of sp³-hybridized carbons (Fsp3) is 0.333. The van der Waals surface area contributed by atoms with Crippen LogP contribution in [0.4, 0.5) is 10.2 Å². The van der Waals surface area contributed by atoms with Crippen LogP contribution in [0.5, 0.6) is 0 Å². The van der Waals surface area contributed by atoms with Gasteiger partial charge >= 0.3 is 0 Å². The van der Waals surface area contributed by atoms with Gasteiger partial charge in [-0.25, -0.2) is 14.4 Å². The molecule has 2 unspecified atom stereocenters. The predicted octanol–water partition coefficient (Wildman–Crippen LogP) is 5.57. The van der Waals surface area contributed by atoms with Crippen molar-refractivity contribution in [1.29, 1.82) is 0 Å². The highest BCUT2D eigenvalue weighted by molar-refractivity contribution is 6.31. The molecular formula is C21H21ClFN3. The van der Waals surface area contributed by atoms with Crippen LogP contribution in [0, 0.1) is 17.7 Å². The van der Waals surface area contributed by atoms with Crippen molar-refractivity contribution in [1.82, 2.24) is 9.97 Å². The monoisotopic (exact) mass is 369 g/mol. The molecule has 2 heterocycles. The van der Waals surface area contributed by atoms with E-state index in [0.29, 0.717) is 28.2 Å². The Balaban J connectivity index is 1.92. The average Bonchev–Trinajstić information content (AvgIpc) is 2.60. The average molecular weight is 370 g/mol. The van der Waals surface area contributed by atoms with Crippen molar-refractivity contribution in [3.8, 4) is 11.4 Å². The topological polar surface area (TPSA) is 29.0 Å². The van der Waals surface area contributed by atoms with Crippen molar-refractivity contribution in [3.63, 3.8) is 0 Å². The van der Waals surface area contributed by atoms with Gasteiger partial charge < -0.3 is 4.90 Å². The first kappa shape index (κ1) is 17.2. The largest absolute Gasteiger partial charge is 0.355 e. The van der Waals surface area contributed by atoms with Crippen LogP contribution in [-0.4, -0.2) is 23.1 Å². The fourth-order valence-corrected chi connectivity index (χ4v) is 4.10. The smallest absolute Gasteiger partial charge is 0.165 e. The van der Waals surface area contributed by atoms with Crippen molar-refractivity contribution in [3.05, 3.63) is 53.3 Å². The molecule has 3 nitrogen and oxygen atoms in total. The van der Waals surface area contributed by atoms with Crippen LogP contribution in [-0.2, 0) is 0 Å². The molecule has 0 spiro atoms. The van der Waals surface area contributed by atoms with Gasteiger partial charge in [-0.1, -0.05) is 37.6 Å². The van der Waals surface area contributed by atoms with Crippen molar-refractivity contribution < 1.29 is 4.39 Å². The Bertz CT molecular complexity index is 949. The van der Waals surface area contributed by atoms with Crippen LogP contribution in [0.15, 0.2) is 42.5 Å². The van der Waals surface area contributed by atoms with Crippen molar-refractivity contribution in [2.75, 3.05) is 18.0 Å². The summed E-state index contributed by atoms with van der Waals surface area (Å²) in [6.07, 6.45) is 1.21. The molecule has 1 saturated heterocycles. The SMILES string of the molecule is CC1CC(C)CN(c2nc(-c3ccccc3F)nc3ccc(Cl)cc23)C1. The first-order valence-electron chi connectivity index (χ1n) is 8.98. The number of aromatic nitrogens is 2. The highest BCUT2D eigenvalue weighted by atomic mass is 35.5. The molecule has 3 aromatic rings. The minimum absolute atomic E-state index is 0.313. The van der Waals surface area contributed by atoms with Gasteiger partial charge in [-0.15, -0.1) is 0 Å². The molecule has 1 aliphatic rings. The number of piperidine rings is 1. The van der Waals surface area contributed by atoms with Gasteiger partial charge in [-0.05, 0) is 48.6 Å². The molecular weight excluding hydrogens is 349 g/mol. The predicted molar refractivity (Wildman–Crippen MR) is 105 cm³/mol. The number of halogens is 2. The third-order valence-electron chi connectivity index (χ3n) is 4.92. The van der Waals surface area contributed by atoms with Crippen molar-refractivity contribution in [2.24, 2.45) is 11.8 Å². The van der Waals surface area contributed by atoms with Crippen molar-refractivity contribution >= 4 is 28.3 Å². The lowest BCUT2D eigenvalue weighted by Gasteiger charge is -2.36. The molecule has 1 aromatic heterocycles. The third-order valence-corrected chi connectivity index (χ3v) is 5.16. The van der Waals surface area contributed by atoms with Crippen LogP contribution in [0.25, 0.3) is 22.3 Å². The lowest BCUT2D eigenvalue weighted by molar-refractivity contribution is 0.356. The zero-order chi connectivity index (χ0) is 18.3. The quantitative estimate of drug-likeness (QED) is 0.591. The van der Waals surface area contributed by atoms with Gasteiger partial charge in [-0.3, -0.25) is 0 Å². The van der Waals surface area contributed by atoms with Gasteiger partial charge in [0.1, 0.15) is 11.6 Å². The first-order chi connectivity index (χ1) is 12.5. The Morgan fingerprint density at radius 1 is 1.04 bits per heavy atom. The number of hydrogen-bond donors (Lipinski definition) is 0. The molecule has 26 heavy (non-hydrogen) atoms. The summed E-state index contributed by atoms with van der Waals surface area (Å²) in [6, 6.07) is 12.2. The maximum Gasteiger partial charge on any atom is 0.165 e. The minimum atomic E-state index is -0.313. The minimum Gasteiger partial charge on any atom is -0.355 e. The summed E-state index contributed by atoms with van der Waals surface area (Å²) in [5, 5.41) is 1.57. The molecule has 0 radical (unpaired) electrons. The Kier molecular flexibility index (Phi) is 4.53. The van der Waals surface area contributed by atoms with E-state index in [1.54, 1.807) is 18.2 Å². The van der Waals surface area contributed by atoms with Gasteiger partial charge in [0.2, 0.25) is 0 Å². The molecule has 1 aliphatic heterocycles. The maximum atomic E-state index is 14.3. The molecule has 134 valence electrons. The number of nitrogens with zero attached hydrogens (tertiary/aromatic N) is 3. The number of fused-ring (bicyclic) bond motifs is 1. The molecule has 0 amide bonds. The van der Waals surface area contributed by atoms with E-state index in [9.17, 15) is 4.39 Å². The van der Waals surface area contributed by atoms with Gasteiger partial charge in [0.15, 0.2) is 5.82 Å². The van der Waals surface area contributed by atoms with Crippen LogP contribution in [0.3, 0.4) is 0 Å². The van der Waals surface area contributed by atoms with E-state index >= 15 is 0 Å². The van der Waals surface area contributed by atoms with E-state index in [4.69, 9.17) is 16.6 Å². The number of anilines is 1. The molecule has 4 rings (SSSR count). The Labute approximate surface area is 157 Å². The van der Waals surface area contributed by atoms with Crippen LogP contribution in [0.2, 0.25) is 5.02 Å². The maximum absolute atomic E-state index is 14.3. The van der Waals surface area contributed by atoms with E-state index in [2.05, 4.69) is 23.7 Å². The van der Waals surface area contributed by atoms with E-state index in [0.717, 1.165) is 29.8 Å². The summed E-state index contributed by atoms with van der Waals surface area (Å²) in [7, 11) is 0. The van der Waals surface area contributed by atoms with Crippen LogP contribution in [0.1, 0.15) is 20.3 Å². The summed E-state index contributed by atoms with van der Waals surface area (Å²) in [5.74, 6) is 2.11. The number of benzene rings is 2. The second kappa shape index (κ2) is 6.84. The highest BCUT2D eigenvalue weighted by Crippen LogP contribution is 2.33. The van der Waals surface area contributed by atoms with Crippen LogP contribution < -0.4 is 4.90 Å². The zero-order valence-electron chi connectivity index (χ0n) is 14.9. The van der Waals surface area contributed by atoms with Gasteiger partial charge in [0.25, 0.3) is 0 Å².